The van der Waals surface area contributed by atoms with Crippen LogP contribution in [0.1, 0.15) is 6.92 Å². The van der Waals surface area contributed by atoms with E-state index in [1.54, 1.807) is 6.92 Å². The number of amides is 1. The number of carbonyl (C=O) groups is 1. The van der Waals surface area contributed by atoms with Gasteiger partial charge in [0.1, 0.15) is 0 Å². The van der Waals surface area contributed by atoms with Crippen molar-refractivity contribution in [1.82, 2.24) is 5.48 Å². The van der Waals surface area contributed by atoms with Gasteiger partial charge in [-0.2, -0.15) is 4.62 Å². The van der Waals surface area contributed by atoms with Crippen LogP contribution in [0, 0.1) is 0 Å². The predicted octanol–water partition coefficient (Wildman–Crippen LogP) is 1.69. The van der Waals surface area contributed by atoms with E-state index in [-0.39, 0.29) is 12.0 Å². The third kappa shape index (κ3) is 7.09. The Labute approximate surface area is 87.9 Å². The number of hydrogen-bond donors (Lipinski definition) is 1. The first kappa shape index (κ1) is 13.7. The highest BCUT2D eigenvalue weighted by Gasteiger charge is 2.19. The maximum atomic E-state index is 11.4. The summed E-state index contributed by atoms with van der Waals surface area (Å²) in [4.78, 5) is 10.6. The minimum absolute atomic E-state index is 0.0826. The summed E-state index contributed by atoms with van der Waals surface area (Å²) in [6, 6.07) is 0. The van der Waals surface area contributed by atoms with Gasteiger partial charge in [0.25, 0.3) is 5.91 Å². The first-order chi connectivity index (χ1) is 6.37. The van der Waals surface area contributed by atoms with Crippen molar-refractivity contribution in [2.24, 2.45) is 0 Å². The van der Waals surface area contributed by atoms with Gasteiger partial charge in [-0.15, -0.1) is 11.6 Å². The van der Waals surface area contributed by atoms with Crippen molar-refractivity contribution in [3.8, 4) is 0 Å². The molecule has 5 nitrogen and oxygen atoms in total. The monoisotopic (exact) mass is 241 g/mol. The summed E-state index contributed by atoms with van der Waals surface area (Å²) >= 11 is 5.57. The number of rotatable bonds is 6. The van der Waals surface area contributed by atoms with E-state index >= 15 is 0 Å². The van der Waals surface area contributed by atoms with Gasteiger partial charge in [0.15, 0.2) is 0 Å². The molecule has 14 heavy (non-hydrogen) atoms. The smallest absolute Gasteiger partial charge is 0.306 e. The lowest BCUT2D eigenvalue weighted by atomic mass is 10.5. The van der Waals surface area contributed by atoms with E-state index in [4.69, 9.17) is 16.1 Å². The Kier molecular flexibility index (Phi) is 6.04. The molecular weight excluding hydrogens is 229 g/mol. The van der Waals surface area contributed by atoms with Crippen LogP contribution in [-0.4, -0.2) is 24.6 Å². The van der Waals surface area contributed by atoms with Gasteiger partial charge >= 0.3 is 7.60 Å². The molecule has 0 saturated carbocycles. The summed E-state index contributed by atoms with van der Waals surface area (Å²) < 4.78 is 20.8. The summed E-state index contributed by atoms with van der Waals surface area (Å²) in [6.07, 6.45) is 0.990. The maximum absolute atomic E-state index is 11.4. The fourth-order valence-electron chi connectivity index (χ4n) is 0.434. The Morgan fingerprint density at radius 1 is 1.79 bits per heavy atom. The number of alkyl halides is 1. The zero-order chi connectivity index (χ0) is 11.2. The lowest BCUT2D eigenvalue weighted by molar-refractivity contribution is -0.123. The highest BCUT2D eigenvalue weighted by Crippen LogP contribution is 2.42. The first-order valence-corrected chi connectivity index (χ1v) is 6.27. The molecule has 0 aliphatic rings. The van der Waals surface area contributed by atoms with Crippen LogP contribution in [0.15, 0.2) is 12.7 Å². The molecule has 0 aliphatic heterocycles. The Morgan fingerprint density at radius 3 is 2.79 bits per heavy atom. The molecule has 0 aromatic rings. The molecule has 0 saturated heterocycles. The SMILES string of the molecule is C=CC(=O)NOP(C)(=O)OCC(C)Cl. The molecule has 7 heteroatoms. The Morgan fingerprint density at radius 2 is 2.36 bits per heavy atom. The molecule has 1 N–H and O–H groups in total. The molecule has 0 spiro atoms. The maximum Gasteiger partial charge on any atom is 0.348 e. The number of halogens is 1. The number of carbonyl (C=O) groups excluding carboxylic acids is 1. The van der Waals surface area contributed by atoms with Crippen molar-refractivity contribution < 1.29 is 18.5 Å². The van der Waals surface area contributed by atoms with Gasteiger partial charge in [0, 0.05) is 6.66 Å². The van der Waals surface area contributed by atoms with Gasteiger partial charge in [0.05, 0.1) is 12.0 Å². The zero-order valence-electron chi connectivity index (χ0n) is 8.03. The molecule has 2 atom stereocenters. The van der Waals surface area contributed by atoms with Crippen LogP contribution in [0.25, 0.3) is 0 Å². The van der Waals surface area contributed by atoms with E-state index in [0.717, 1.165) is 6.08 Å². The Bertz CT molecular complexity index is 256. The van der Waals surface area contributed by atoms with Crippen LogP contribution in [0.2, 0.25) is 0 Å². The molecule has 0 heterocycles. The van der Waals surface area contributed by atoms with Crippen molar-refractivity contribution in [2.75, 3.05) is 13.3 Å². The summed E-state index contributed by atoms with van der Waals surface area (Å²) in [5, 5.41) is -0.276. The average Bonchev–Trinajstić information content (AvgIpc) is 2.11. The second-order valence-corrected chi connectivity index (χ2v) is 5.34. The molecule has 0 aliphatic carbocycles. The van der Waals surface area contributed by atoms with E-state index < -0.39 is 13.5 Å². The third-order valence-corrected chi connectivity index (χ3v) is 2.20. The van der Waals surface area contributed by atoms with E-state index in [2.05, 4.69) is 11.2 Å². The highest BCUT2D eigenvalue weighted by atomic mass is 35.5. The molecule has 0 bridgehead atoms. The first-order valence-electron chi connectivity index (χ1n) is 3.84. The minimum Gasteiger partial charge on any atom is -0.306 e. The second kappa shape index (κ2) is 6.19. The minimum atomic E-state index is -3.28. The molecule has 0 aromatic heterocycles. The lowest BCUT2D eigenvalue weighted by Gasteiger charge is -2.13. The molecule has 0 rings (SSSR count). The largest absolute Gasteiger partial charge is 0.348 e. The van der Waals surface area contributed by atoms with Crippen LogP contribution >= 0.6 is 19.2 Å². The van der Waals surface area contributed by atoms with Crippen LogP contribution in [0.5, 0.6) is 0 Å². The molecule has 1 amide bonds. The zero-order valence-corrected chi connectivity index (χ0v) is 9.68. The van der Waals surface area contributed by atoms with Gasteiger partial charge < -0.3 is 4.52 Å². The molecule has 0 aromatic carbocycles. The normalized spacial score (nSPS) is 16.8. The molecule has 0 radical (unpaired) electrons. The van der Waals surface area contributed by atoms with Crippen LogP contribution in [0.4, 0.5) is 0 Å². The van der Waals surface area contributed by atoms with E-state index in [1.165, 1.54) is 6.66 Å². The van der Waals surface area contributed by atoms with Crippen molar-refractivity contribution in [3.63, 3.8) is 0 Å². The van der Waals surface area contributed by atoms with Gasteiger partial charge in [-0.1, -0.05) is 6.58 Å². The van der Waals surface area contributed by atoms with E-state index in [0.29, 0.717) is 0 Å². The Balaban J connectivity index is 3.89. The van der Waals surface area contributed by atoms with Gasteiger partial charge in [-0.05, 0) is 13.0 Å². The average molecular weight is 242 g/mol. The third-order valence-electron chi connectivity index (χ3n) is 1.04. The Hall–Kier alpha value is -0.350. The van der Waals surface area contributed by atoms with Crippen LogP contribution in [0.3, 0.4) is 0 Å². The fourth-order valence-corrected chi connectivity index (χ4v) is 1.39. The standard InChI is InChI=1S/C7H13ClNO4P/c1-4-7(10)9-13-14(3,11)12-5-6(2)8/h4,6H,1,5H2,2-3H3,(H,9,10). The van der Waals surface area contributed by atoms with Crippen molar-refractivity contribution >= 4 is 25.1 Å². The van der Waals surface area contributed by atoms with Crippen molar-refractivity contribution in [1.29, 1.82) is 0 Å². The summed E-state index contributed by atoms with van der Waals surface area (Å²) in [5.74, 6) is -0.588. The quantitative estimate of drug-likeness (QED) is 0.333. The number of hydroxylamine groups is 1. The second-order valence-electron chi connectivity index (χ2n) is 2.61. The number of hydrogen-bond acceptors (Lipinski definition) is 4. The summed E-state index contributed by atoms with van der Waals surface area (Å²) in [6.45, 7) is 6.19. The van der Waals surface area contributed by atoms with Crippen LogP contribution < -0.4 is 5.48 Å². The van der Waals surface area contributed by atoms with E-state index in [9.17, 15) is 9.36 Å². The van der Waals surface area contributed by atoms with Gasteiger partial charge in [-0.25, -0.2) is 5.48 Å². The predicted molar refractivity (Wildman–Crippen MR) is 54.2 cm³/mol. The van der Waals surface area contributed by atoms with Gasteiger partial charge in [-0.3, -0.25) is 9.36 Å². The molecule has 2 unspecified atom stereocenters. The van der Waals surface area contributed by atoms with Crippen molar-refractivity contribution in [2.45, 2.75) is 12.3 Å². The van der Waals surface area contributed by atoms with Crippen molar-refractivity contribution in [3.05, 3.63) is 12.7 Å². The van der Waals surface area contributed by atoms with E-state index in [1.807, 2.05) is 5.48 Å². The fraction of sp³-hybridized carbons (Fsp3) is 0.571. The van der Waals surface area contributed by atoms with Crippen LogP contribution in [-0.2, 0) is 18.5 Å². The summed E-state index contributed by atoms with van der Waals surface area (Å²) in [7, 11) is -3.28. The highest BCUT2D eigenvalue weighted by molar-refractivity contribution is 7.52. The topological polar surface area (TPSA) is 64.6 Å². The van der Waals surface area contributed by atoms with Gasteiger partial charge in [0.2, 0.25) is 0 Å². The molecular formula is C7H13ClNO4P. The summed E-state index contributed by atoms with van der Waals surface area (Å²) in [5.41, 5.74) is 1.91. The molecule has 82 valence electrons. The lowest BCUT2D eigenvalue weighted by Crippen LogP contribution is -2.20. The molecule has 0 fully saturated rings. The number of nitrogens with one attached hydrogen (secondary N) is 1.